The number of pyridine rings is 1. The van der Waals surface area contributed by atoms with Gasteiger partial charge in [0.05, 0.1) is 0 Å². The van der Waals surface area contributed by atoms with E-state index in [0.29, 0.717) is 6.04 Å². The maximum atomic E-state index is 4.66. The molecule has 0 aromatic carbocycles. The highest BCUT2D eigenvalue weighted by atomic mass is 15.3. The number of nitrogens with zero attached hydrogens (tertiary/aromatic N) is 3. The second kappa shape index (κ2) is 7.60. The summed E-state index contributed by atoms with van der Waals surface area (Å²) in [4.78, 5) is 9.45. The molecule has 4 nitrogen and oxygen atoms in total. The van der Waals surface area contributed by atoms with Crippen LogP contribution in [-0.4, -0.2) is 49.7 Å². The topological polar surface area (TPSA) is 31.4 Å². The monoisotopic (exact) mass is 276 g/mol. The lowest BCUT2D eigenvalue weighted by atomic mass is 10.2. The van der Waals surface area contributed by atoms with E-state index in [9.17, 15) is 0 Å². The molecule has 1 saturated heterocycles. The summed E-state index contributed by atoms with van der Waals surface area (Å²) in [5, 5.41) is 3.49. The standard InChI is InChI=1S/C16H28N4/c1-4-9-17-12-14-7-5-10-18-16(14)20-11-6-8-15(20)13-19(2)3/h5,7,10,15,17H,4,6,8-9,11-13H2,1-3H3. The smallest absolute Gasteiger partial charge is 0.133 e. The Kier molecular flexibility index (Phi) is 5.80. The Hall–Kier alpha value is -1.13. The SMILES string of the molecule is CCCNCc1cccnc1N1CCCC1CN(C)C. The predicted octanol–water partition coefficient (Wildman–Crippen LogP) is 2.11. The summed E-state index contributed by atoms with van der Waals surface area (Å²) in [5.41, 5.74) is 1.33. The van der Waals surface area contributed by atoms with Crippen molar-refractivity contribution in [3.63, 3.8) is 0 Å². The molecule has 0 aliphatic carbocycles. The van der Waals surface area contributed by atoms with E-state index in [1.807, 2.05) is 12.3 Å². The summed E-state index contributed by atoms with van der Waals surface area (Å²) in [7, 11) is 4.30. The molecule has 1 atom stereocenters. The molecule has 1 unspecified atom stereocenters. The van der Waals surface area contributed by atoms with Gasteiger partial charge >= 0.3 is 0 Å². The highest BCUT2D eigenvalue weighted by molar-refractivity contribution is 5.48. The van der Waals surface area contributed by atoms with Crippen molar-refractivity contribution in [2.24, 2.45) is 0 Å². The third kappa shape index (κ3) is 3.93. The molecule has 1 N–H and O–H groups in total. The van der Waals surface area contributed by atoms with Crippen molar-refractivity contribution < 1.29 is 0 Å². The molecule has 112 valence electrons. The van der Waals surface area contributed by atoms with Gasteiger partial charge in [-0.25, -0.2) is 4.98 Å². The average Bonchev–Trinajstić information content (AvgIpc) is 2.87. The largest absolute Gasteiger partial charge is 0.352 e. The molecule has 0 amide bonds. The van der Waals surface area contributed by atoms with Gasteiger partial charge in [-0.3, -0.25) is 0 Å². The summed E-state index contributed by atoms with van der Waals surface area (Å²) in [5.74, 6) is 1.18. The van der Waals surface area contributed by atoms with Gasteiger partial charge in [0.15, 0.2) is 0 Å². The quantitative estimate of drug-likeness (QED) is 0.773. The Labute approximate surface area is 123 Å². The maximum absolute atomic E-state index is 4.66. The number of likely N-dealkylation sites (N-methyl/N-ethyl adjacent to an activating group) is 1. The summed E-state index contributed by atoms with van der Waals surface area (Å²) < 4.78 is 0. The third-order valence-electron chi connectivity index (χ3n) is 3.83. The fourth-order valence-corrected chi connectivity index (χ4v) is 2.95. The molecule has 0 saturated carbocycles. The Morgan fingerprint density at radius 2 is 2.30 bits per heavy atom. The van der Waals surface area contributed by atoms with E-state index in [4.69, 9.17) is 0 Å². The molecule has 1 aliphatic heterocycles. The normalized spacial score (nSPS) is 19.0. The van der Waals surface area contributed by atoms with Crippen molar-refractivity contribution in [3.8, 4) is 0 Å². The van der Waals surface area contributed by atoms with Crippen LogP contribution in [0.15, 0.2) is 18.3 Å². The Bertz CT molecular complexity index is 405. The number of hydrogen-bond donors (Lipinski definition) is 1. The highest BCUT2D eigenvalue weighted by Gasteiger charge is 2.27. The van der Waals surface area contributed by atoms with Gasteiger partial charge in [0.1, 0.15) is 5.82 Å². The van der Waals surface area contributed by atoms with Crippen LogP contribution in [0.25, 0.3) is 0 Å². The van der Waals surface area contributed by atoms with E-state index in [-0.39, 0.29) is 0 Å². The number of aromatic nitrogens is 1. The summed E-state index contributed by atoms with van der Waals surface area (Å²) in [6, 6.07) is 4.85. The lowest BCUT2D eigenvalue weighted by Crippen LogP contribution is -2.38. The minimum atomic E-state index is 0.602. The van der Waals surface area contributed by atoms with E-state index >= 15 is 0 Å². The van der Waals surface area contributed by atoms with Crippen molar-refractivity contribution in [1.29, 1.82) is 0 Å². The van der Waals surface area contributed by atoms with Crippen LogP contribution in [-0.2, 0) is 6.54 Å². The summed E-state index contributed by atoms with van der Waals surface area (Å²) in [6.45, 7) is 6.43. The maximum Gasteiger partial charge on any atom is 0.133 e. The molecule has 0 bridgehead atoms. The van der Waals surface area contributed by atoms with Gasteiger partial charge in [-0.2, -0.15) is 0 Å². The molecule has 1 aromatic rings. The Morgan fingerprint density at radius 1 is 1.45 bits per heavy atom. The van der Waals surface area contributed by atoms with Crippen molar-refractivity contribution in [2.45, 2.75) is 38.8 Å². The molecular weight excluding hydrogens is 248 g/mol. The van der Waals surface area contributed by atoms with Crippen LogP contribution < -0.4 is 10.2 Å². The number of nitrogens with one attached hydrogen (secondary N) is 1. The first-order valence-corrected chi connectivity index (χ1v) is 7.78. The lowest BCUT2D eigenvalue weighted by molar-refractivity contribution is 0.371. The molecule has 20 heavy (non-hydrogen) atoms. The van der Waals surface area contributed by atoms with Gasteiger partial charge in [0, 0.05) is 37.4 Å². The van der Waals surface area contributed by atoms with E-state index in [0.717, 1.165) is 26.2 Å². The van der Waals surface area contributed by atoms with Crippen molar-refractivity contribution in [3.05, 3.63) is 23.9 Å². The Balaban J connectivity index is 2.10. The van der Waals surface area contributed by atoms with Crippen LogP contribution in [0.2, 0.25) is 0 Å². The summed E-state index contributed by atoms with van der Waals surface area (Å²) in [6.07, 6.45) is 5.64. The zero-order chi connectivity index (χ0) is 14.4. The minimum absolute atomic E-state index is 0.602. The van der Waals surface area contributed by atoms with Crippen LogP contribution in [0.3, 0.4) is 0 Å². The van der Waals surface area contributed by atoms with Gasteiger partial charge in [-0.15, -0.1) is 0 Å². The second-order valence-corrected chi connectivity index (χ2v) is 5.91. The minimum Gasteiger partial charge on any atom is -0.352 e. The lowest BCUT2D eigenvalue weighted by Gasteiger charge is -2.29. The molecule has 1 fully saturated rings. The Morgan fingerprint density at radius 3 is 3.05 bits per heavy atom. The van der Waals surface area contributed by atoms with E-state index in [1.54, 1.807) is 0 Å². The van der Waals surface area contributed by atoms with Gasteiger partial charge in [-0.1, -0.05) is 13.0 Å². The third-order valence-corrected chi connectivity index (χ3v) is 3.83. The fraction of sp³-hybridized carbons (Fsp3) is 0.688. The molecule has 2 heterocycles. The fourth-order valence-electron chi connectivity index (χ4n) is 2.95. The number of rotatable bonds is 7. The first-order chi connectivity index (χ1) is 9.72. The van der Waals surface area contributed by atoms with Crippen molar-refractivity contribution >= 4 is 5.82 Å². The molecular formula is C16H28N4. The van der Waals surface area contributed by atoms with E-state index in [2.05, 4.69) is 47.2 Å². The molecule has 1 aliphatic rings. The zero-order valence-electron chi connectivity index (χ0n) is 13.1. The number of hydrogen-bond acceptors (Lipinski definition) is 4. The van der Waals surface area contributed by atoms with Gasteiger partial charge in [0.25, 0.3) is 0 Å². The van der Waals surface area contributed by atoms with Crippen molar-refractivity contribution in [2.75, 3.05) is 38.6 Å². The van der Waals surface area contributed by atoms with Gasteiger partial charge in [0.2, 0.25) is 0 Å². The zero-order valence-corrected chi connectivity index (χ0v) is 13.1. The molecule has 2 rings (SSSR count). The van der Waals surface area contributed by atoms with Gasteiger partial charge in [-0.05, 0) is 46.0 Å². The van der Waals surface area contributed by atoms with Crippen LogP contribution in [0, 0.1) is 0 Å². The van der Waals surface area contributed by atoms with Crippen LogP contribution in [0.4, 0.5) is 5.82 Å². The molecule has 0 radical (unpaired) electrons. The van der Waals surface area contributed by atoms with Gasteiger partial charge < -0.3 is 15.1 Å². The molecule has 1 aromatic heterocycles. The first kappa shape index (κ1) is 15.3. The van der Waals surface area contributed by atoms with E-state index < -0.39 is 0 Å². The predicted molar refractivity (Wildman–Crippen MR) is 85.2 cm³/mol. The van der Waals surface area contributed by atoms with E-state index in [1.165, 1.54) is 30.6 Å². The highest BCUT2D eigenvalue weighted by Crippen LogP contribution is 2.27. The summed E-state index contributed by atoms with van der Waals surface area (Å²) >= 11 is 0. The van der Waals surface area contributed by atoms with Crippen LogP contribution >= 0.6 is 0 Å². The second-order valence-electron chi connectivity index (χ2n) is 5.91. The number of anilines is 1. The first-order valence-electron chi connectivity index (χ1n) is 7.78. The molecule has 0 spiro atoms. The van der Waals surface area contributed by atoms with Crippen LogP contribution in [0.5, 0.6) is 0 Å². The average molecular weight is 276 g/mol. The molecule has 4 heteroatoms. The van der Waals surface area contributed by atoms with Crippen LogP contribution in [0.1, 0.15) is 31.7 Å². The van der Waals surface area contributed by atoms with Crippen molar-refractivity contribution in [1.82, 2.24) is 15.2 Å².